The average Bonchev–Trinajstić information content (AvgIpc) is 3.18. The monoisotopic (exact) mass is 1100 g/mol. The molecule has 0 aromatic heterocycles. The molecule has 19 nitrogen and oxygen atoms in total. The zero-order chi connectivity index (χ0) is 57.8. The van der Waals surface area contributed by atoms with Crippen LogP contribution in [0.1, 0.15) is 63.7 Å². The third-order valence-corrected chi connectivity index (χ3v) is 9.10. The number of rotatable bonds is 9. The van der Waals surface area contributed by atoms with Crippen LogP contribution in [0, 0.1) is 0 Å². The Kier molecular flexibility index (Phi) is 56.4. The van der Waals surface area contributed by atoms with Crippen molar-refractivity contribution in [1.29, 1.82) is 0 Å². The zero-order valence-electron chi connectivity index (χ0n) is 43.9. The summed E-state index contributed by atoms with van der Waals surface area (Å²) in [6, 6.07) is 8.84. The van der Waals surface area contributed by atoms with Gasteiger partial charge in [-0.25, -0.2) is 0 Å². The molecule has 27 heteroatoms. The van der Waals surface area contributed by atoms with Gasteiger partial charge >= 0.3 is 24.1 Å². The van der Waals surface area contributed by atoms with E-state index in [1.807, 2.05) is 44.1 Å². The Balaban J connectivity index is -0.000000104. The average molecular weight is 1100 g/mol. The van der Waals surface area contributed by atoms with Gasteiger partial charge in [-0.05, 0) is 54.8 Å². The van der Waals surface area contributed by atoms with Gasteiger partial charge in [-0.15, -0.1) is 0 Å². The third kappa shape index (κ3) is 97.1. The molecule has 0 aliphatic carbocycles. The van der Waals surface area contributed by atoms with Gasteiger partial charge in [0, 0.05) is 40.4 Å². The number of amides is 1. The summed E-state index contributed by atoms with van der Waals surface area (Å²) in [6.45, 7) is 5.54. The molecular weight excluding hydrogens is 1030 g/mol. The first-order valence-electron chi connectivity index (χ1n) is 19.6. The van der Waals surface area contributed by atoms with E-state index in [4.69, 9.17) is 34.3 Å². The molecule has 0 bridgehead atoms. The fraction of sp³-hybridized carbons (Fsp3) is 0.581. The highest BCUT2D eigenvalue weighted by Gasteiger charge is 2.28. The first-order valence-corrected chi connectivity index (χ1v) is 23.0. The minimum atomic E-state index is -5.19. The number of halogens is 3. The Hall–Kier alpha value is -4.67. The highest BCUT2D eigenvalue weighted by molar-refractivity contribution is 8.89. The second kappa shape index (κ2) is 48.0. The highest BCUT2D eigenvalue weighted by Crippen LogP contribution is 2.26. The maximum absolute atomic E-state index is 10.5. The van der Waals surface area contributed by atoms with Crippen LogP contribution in [0.5, 0.6) is 0 Å². The highest BCUT2D eigenvalue weighted by atomic mass is 33.1. The molecule has 0 atom stereocenters. The summed E-state index contributed by atoms with van der Waals surface area (Å²) in [6.07, 6.45) is -5.54. The molecule has 1 aromatic rings. The van der Waals surface area contributed by atoms with E-state index >= 15 is 0 Å². The number of thiocarbonyl (C=S) groups is 2. The van der Waals surface area contributed by atoms with E-state index in [1.165, 1.54) is 77.7 Å². The first-order chi connectivity index (χ1) is 31.4. The van der Waals surface area contributed by atoms with Gasteiger partial charge in [0.25, 0.3) is 0 Å². The number of carboxylic acid groups (broad SMARTS) is 1. The van der Waals surface area contributed by atoms with E-state index in [1.54, 1.807) is 24.3 Å². The SMILES string of the molecule is CC(=O)CC(C)=O.CN(C)C(=S)SSC(=S)N(C)C.CNC(=O)CC(C)=O.COC(=O)CC(=O)OC.COC(=O)CC(C)=O.C[N+](C)(C)C.C[N+](C)(C)C.O=C([O-])C(F)(F)F.O=C([S-])c1ccccc1. The molecule has 0 aliphatic heterocycles. The molecule has 0 unspecified atom stereocenters. The number of carboxylic acids is 1. The Labute approximate surface area is 436 Å². The molecule has 0 radical (unpaired) electrons. The van der Waals surface area contributed by atoms with E-state index in [-0.39, 0.29) is 59.8 Å². The molecule has 0 fully saturated rings. The molecule has 1 amide bonds. The minimum Gasteiger partial charge on any atom is -0.737 e. The second-order valence-corrected chi connectivity index (χ2v) is 20.0. The predicted octanol–water partition coefficient (Wildman–Crippen LogP) is 3.50. The quantitative estimate of drug-likeness (QED) is 0.0708. The van der Waals surface area contributed by atoms with E-state index < -0.39 is 30.1 Å². The van der Waals surface area contributed by atoms with Crippen LogP contribution in [0.25, 0.3) is 0 Å². The van der Waals surface area contributed by atoms with E-state index in [0.29, 0.717) is 5.56 Å². The number of benzene rings is 1. The Morgan fingerprint density at radius 3 is 0.986 bits per heavy atom. The van der Waals surface area contributed by atoms with Crippen LogP contribution in [-0.4, -0.2) is 205 Å². The maximum Gasteiger partial charge on any atom is 0.430 e. The van der Waals surface area contributed by atoms with Gasteiger partial charge in [-0.3, -0.25) is 38.4 Å². The number of Topliss-reactive ketones (excluding diaryl/α,β-unsaturated/α-hetero) is 4. The Bertz CT molecular complexity index is 1640. The fourth-order valence-corrected chi connectivity index (χ4v) is 4.51. The van der Waals surface area contributed by atoms with Gasteiger partial charge < -0.3 is 65.6 Å². The molecule has 1 N–H and O–H groups in total. The summed E-state index contributed by atoms with van der Waals surface area (Å²) < 4.78 is 47.8. The summed E-state index contributed by atoms with van der Waals surface area (Å²) >= 11 is 14.6. The van der Waals surface area contributed by atoms with Crippen LogP contribution in [0.2, 0.25) is 0 Å². The van der Waals surface area contributed by atoms with Crippen molar-refractivity contribution < 1.29 is 89.4 Å². The van der Waals surface area contributed by atoms with Crippen molar-refractivity contribution in [3.05, 3.63) is 35.9 Å². The van der Waals surface area contributed by atoms with Crippen LogP contribution < -0.4 is 10.4 Å². The van der Waals surface area contributed by atoms with Crippen LogP contribution >= 0.6 is 46.0 Å². The van der Waals surface area contributed by atoms with Gasteiger partial charge in [-0.2, -0.15) is 13.2 Å². The summed E-state index contributed by atoms with van der Waals surface area (Å²) in [4.78, 5) is 104. The standard InChI is InChI=1S/C7H6OS.C6H12N2S4.C5H9NO2.C5H8O4.C5H8O3.C5H8O2.2C4H12N.C2HF3O2/c8-7(9)6-4-2-1-3-5-6;1-7(2)5(9)11-12-6(10)8(3)4;1-4(7)3-5(8)6-2;1-8-4(6)3-5(7)9-2;1-4(6)3-5(7)8-2;1-4(6)3-5(2)7;2*1-5(2,3)4;3-2(4,5)1(6)7/h1-5H,(H,8,9);1-4H3;3H2,1-2H3,(H,6,8);3H2,1-2H3;3H2,1-2H3;3H2,1-2H3;2*1-4H3;(H,6,7)/q;;;;;;2*+1;/p-2. The molecule has 0 saturated heterocycles. The van der Waals surface area contributed by atoms with Crippen molar-refractivity contribution in [2.24, 2.45) is 0 Å². The number of quaternary nitrogens is 2. The lowest BCUT2D eigenvalue weighted by atomic mass is 10.2. The van der Waals surface area contributed by atoms with Crippen molar-refractivity contribution in [2.75, 3.05) is 113 Å². The normalized spacial score (nSPS) is 9.36. The lowest BCUT2D eigenvalue weighted by Gasteiger charge is -2.15. The van der Waals surface area contributed by atoms with Crippen molar-refractivity contribution in [1.82, 2.24) is 15.1 Å². The maximum atomic E-state index is 10.5. The molecule has 1 rings (SSSR count). The Morgan fingerprint density at radius 2 is 0.857 bits per heavy atom. The molecule has 0 spiro atoms. The minimum absolute atomic E-state index is 0.00347. The van der Waals surface area contributed by atoms with Gasteiger partial charge in [0.2, 0.25) is 5.91 Å². The van der Waals surface area contributed by atoms with E-state index in [9.17, 15) is 56.3 Å². The van der Waals surface area contributed by atoms with Gasteiger partial charge in [0.1, 0.15) is 50.6 Å². The molecule has 0 heterocycles. The number of aliphatic carboxylic acids is 1. The van der Waals surface area contributed by atoms with Crippen molar-refractivity contribution in [3.63, 3.8) is 0 Å². The molecule has 0 saturated carbocycles. The lowest BCUT2D eigenvalue weighted by Crippen LogP contribution is -2.37. The summed E-state index contributed by atoms with van der Waals surface area (Å²) in [5, 5.41) is 10.8. The van der Waals surface area contributed by atoms with Gasteiger partial charge in [0.15, 0.2) is 0 Å². The Morgan fingerprint density at radius 1 is 0.600 bits per heavy atom. The molecule has 406 valence electrons. The number of nitrogens with one attached hydrogen (secondary N) is 1. The molecular formula is C43H74F3N5O14S5. The fourth-order valence-electron chi connectivity index (χ4n) is 2.00. The van der Waals surface area contributed by atoms with Crippen molar-refractivity contribution in [3.8, 4) is 0 Å². The zero-order valence-corrected chi connectivity index (χ0v) is 48.0. The first kappa shape index (κ1) is 82.3. The number of ether oxygens (including phenoxy) is 3. The predicted molar refractivity (Wildman–Crippen MR) is 276 cm³/mol. The number of alkyl halides is 3. The number of methoxy groups -OCH3 is 3. The van der Waals surface area contributed by atoms with Gasteiger partial charge in [-0.1, -0.05) is 54.8 Å². The smallest absolute Gasteiger partial charge is 0.430 e. The van der Waals surface area contributed by atoms with Crippen LogP contribution in [0.15, 0.2) is 30.3 Å². The second-order valence-electron chi connectivity index (χ2n) is 16.2. The lowest BCUT2D eigenvalue weighted by molar-refractivity contribution is -0.849. The number of hydrogen-bond acceptors (Lipinski definition) is 19. The van der Waals surface area contributed by atoms with Crippen molar-refractivity contribution >= 4 is 125 Å². The number of nitrogens with zero attached hydrogens (tertiary/aromatic N) is 4. The van der Waals surface area contributed by atoms with Crippen molar-refractivity contribution in [2.45, 2.75) is 59.6 Å². The number of carbonyl (C=O) groups is 10. The van der Waals surface area contributed by atoms with Crippen LogP contribution in [0.3, 0.4) is 0 Å². The molecule has 1 aromatic carbocycles. The summed E-state index contributed by atoms with van der Waals surface area (Å²) in [5.74, 6) is -5.27. The number of ketones is 4. The summed E-state index contributed by atoms with van der Waals surface area (Å²) in [7, 11) is 32.9. The van der Waals surface area contributed by atoms with Crippen LogP contribution in [0.4, 0.5) is 13.2 Å². The van der Waals surface area contributed by atoms with E-state index in [0.717, 1.165) is 17.6 Å². The number of esters is 3. The summed E-state index contributed by atoms with van der Waals surface area (Å²) in [5.41, 5.74) is 0.590. The molecule has 70 heavy (non-hydrogen) atoms. The molecule has 0 aliphatic rings. The van der Waals surface area contributed by atoms with Gasteiger partial charge in [0.05, 0.1) is 90.6 Å². The van der Waals surface area contributed by atoms with Crippen LogP contribution in [-0.2, 0) is 70.0 Å². The number of carbonyl (C=O) groups excluding carboxylic acids is 10. The van der Waals surface area contributed by atoms with E-state index in [2.05, 4.69) is 88.5 Å². The number of hydrogen-bond donors (Lipinski definition) is 1. The third-order valence-electron chi connectivity index (χ3n) is 4.71. The largest absolute Gasteiger partial charge is 0.737 e. The topological polar surface area (TPSA) is 240 Å².